The number of hydrogen-bond acceptors (Lipinski definition) is 3. The molecule has 2 aromatic rings. The van der Waals surface area contributed by atoms with Gasteiger partial charge in [0.25, 0.3) is 0 Å². The predicted molar refractivity (Wildman–Crippen MR) is 89.2 cm³/mol. The van der Waals surface area contributed by atoms with Crippen LogP contribution < -0.4 is 10.6 Å². The van der Waals surface area contributed by atoms with Crippen LogP contribution >= 0.6 is 0 Å². The molecule has 0 aliphatic carbocycles. The molecular weight excluding hydrogens is 292 g/mol. The van der Waals surface area contributed by atoms with Gasteiger partial charge in [-0.05, 0) is 25.0 Å². The van der Waals surface area contributed by atoms with E-state index in [0.717, 1.165) is 23.7 Å². The molecule has 23 heavy (non-hydrogen) atoms. The van der Waals surface area contributed by atoms with Crippen molar-refractivity contribution in [2.45, 2.75) is 25.8 Å². The Balaban J connectivity index is 1.60. The fourth-order valence-electron chi connectivity index (χ4n) is 2.89. The fraction of sp³-hybridized carbons (Fsp3) is 0.353. The first-order valence-electron chi connectivity index (χ1n) is 7.80. The number of nitrogens with zero attached hydrogens (tertiary/aromatic N) is 2. The number of carbonyl (C=O) groups excluding carboxylic acids is 2. The summed E-state index contributed by atoms with van der Waals surface area (Å²) >= 11 is 0. The van der Waals surface area contributed by atoms with Gasteiger partial charge in [-0.25, -0.2) is 4.79 Å². The zero-order valence-corrected chi connectivity index (χ0v) is 13.1. The molecule has 120 valence electrons. The topological polar surface area (TPSA) is 74.3 Å². The molecule has 1 saturated heterocycles. The van der Waals surface area contributed by atoms with E-state index in [4.69, 9.17) is 0 Å². The summed E-state index contributed by atoms with van der Waals surface area (Å²) in [5, 5.41) is 6.84. The van der Waals surface area contributed by atoms with Crippen molar-refractivity contribution in [3.05, 3.63) is 36.5 Å². The third kappa shape index (κ3) is 3.59. The molecule has 6 heteroatoms. The number of urea groups is 1. The molecule has 6 nitrogen and oxygen atoms in total. The summed E-state index contributed by atoms with van der Waals surface area (Å²) in [7, 11) is 0. The van der Waals surface area contributed by atoms with Gasteiger partial charge in [-0.2, -0.15) is 0 Å². The van der Waals surface area contributed by atoms with Crippen LogP contribution in [0.3, 0.4) is 0 Å². The number of nitrogens with one attached hydrogen (secondary N) is 2. The van der Waals surface area contributed by atoms with Gasteiger partial charge in [0.1, 0.15) is 0 Å². The first kappa shape index (κ1) is 15.3. The molecule has 1 aromatic carbocycles. The van der Waals surface area contributed by atoms with Gasteiger partial charge in [-0.3, -0.25) is 9.78 Å². The molecule has 0 unspecified atom stereocenters. The standard InChI is InChI=1S/C17H20N4O2/c1-12(22)21-10-7-14(8-11-21)19-17(23)20-15-6-2-4-13-5-3-9-18-16(13)15/h2-6,9,14H,7-8,10-11H2,1H3,(H2,19,20,23). The van der Waals surface area contributed by atoms with Crippen LogP contribution in [-0.4, -0.2) is 41.0 Å². The Morgan fingerprint density at radius 2 is 1.91 bits per heavy atom. The molecule has 0 radical (unpaired) electrons. The minimum atomic E-state index is -0.232. The molecule has 0 saturated carbocycles. The van der Waals surface area contributed by atoms with Crippen molar-refractivity contribution in [2.75, 3.05) is 18.4 Å². The lowest BCUT2D eigenvalue weighted by Crippen LogP contribution is -2.47. The fourth-order valence-corrected chi connectivity index (χ4v) is 2.89. The maximum atomic E-state index is 12.2. The summed E-state index contributed by atoms with van der Waals surface area (Å²) in [6.45, 7) is 2.96. The van der Waals surface area contributed by atoms with Crippen LogP contribution in [0.15, 0.2) is 36.5 Å². The van der Waals surface area contributed by atoms with E-state index in [1.54, 1.807) is 13.1 Å². The van der Waals surface area contributed by atoms with Crippen LogP contribution in [0.1, 0.15) is 19.8 Å². The van der Waals surface area contributed by atoms with E-state index in [0.29, 0.717) is 18.8 Å². The van der Waals surface area contributed by atoms with E-state index < -0.39 is 0 Å². The highest BCUT2D eigenvalue weighted by Gasteiger charge is 2.22. The number of carbonyl (C=O) groups is 2. The van der Waals surface area contributed by atoms with E-state index in [-0.39, 0.29) is 18.0 Å². The molecule has 0 atom stereocenters. The van der Waals surface area contributed by atoms with Crippen LogP contribution in [0.25, 0.3) is 10.9 Å². The summed E-state index contributed by atoms with van der Waals surface area (Å²) in [5.41, 5.74) is 1.47. The van der Waals surface area contributed by atoms with E-state index in [9.17, 15) is 9.59 Å². The quantitative estimate of drug-likeness (QED) is 0.894. The molecule has 1 fully saturated rings. The highest BCUT2D eigenvalue weighted by atomic mass is 16.2. The van der Waals surface area contributed by atoms with Crippen molar-refractivity contribution >= 4 is 28.5 Å². The van der Waals surface area contributed by atoms with E-state index in [1.807, 2.05) is 35.2 Å². The number of benzene rings is 1. The maximum absolute atomic E-state index is 12.2. The van der Waals surface area contributed by atoms with Gasteiger partial charge >= 0.3 is 6.03 Å². The van der Waals surface area contributed by atoms with Crippen LogP contribution in [0, 0.1) is 0 Å². The van der Waals surface area contributed by atoms with Crippen molar-refractivity contribution in [3.63, 3.8) is 0 Å². The Hall–Kier alpha value is -2.63. The molecule has 2 N–H and O–H groups in total. The van der Waals surface area contributed by atoms with Gasteiger partial charge in [0, 0.05) is 37.6 Å². The molecule has 2 heterocycles. The summed E-state index contributed by atoms with van der Waals surface area (Å²) in [6.07, 6.45) is 3.27. The average Bonchev–Trinajstić information content (AvgIpc) is 2.55. The molecule has 3 rings (SSSR count). The SMILES string of the molecule is CC(=O)N1CCC(NC(=O)Nc2cccc3cccnc23)CC1. The van der Waals surface area contributed by atoms with Crippen LogP contribution in [0.2, 0.25) is 0 Å². The number of piperidine rings is 1. The molecule has 0 spiro atoms. The normalized spacial score (nSPS) is 15.4. The van der Waals surface area contributed by atoms with Crippen LogP contribution in [0.5, 0.6) is 0 Å². The van der Waals surface area contributed by atoms with Crippen LogP contribution in [0.4, 0.5) is 10.5 Å². The minimum Gasteiger partial charge on any atom is -0.343 e. The third-order valence-corrected chi connectivity index (χ3v) is 4.16. The van der Waals surface area contributed by atoms with E-state index in [1.165, 1.54) is 0 Å². The summed E-state index contributed by atoms with van der Waals surface area (Å²) in [6, 6.07) is 9.39. The summed E-state index contributed by atoms with van der Waals surface area (Å²) in [5.74, 6) is 0.0923. The number of aromatic nitrogens is 1. The molecule has 1 aliphatic heterocycles. The van der Waals surface area contributed by atoms with Crippen molar-refractivity contribution in [3.8, 4) is 0 Å². The minimum absolute atomic E-state index is 0.0912. The number of para-hydroxylation sites is 1. The van der Waals surface area contributed by atoms with Crippen LogP contribution in [-0.2, 0) is 4.79 Å². The lowest BCUT2D eigenvalue weighted by atomic mass is 10.1. The Morgan fingerprint density at radius 1 is 1.17 bits per heavy atom. The number of rotatable bonds is 2. The second kappa shape index (κ2) is 6.64. The average molecular weight is 312 g/mol. The van der Waals surface area contributed by atoms with E-state index >= 15 is 0 Å². The number of fused-ring (bicyclic) bond motifs is 1. The third-order valence-electron chi connectivity index (χ3n) is 4.16. The van der Waals surface area contributed by atoms with Gasteiger partial charge < -0.3 is 15.5 Å². The Kier molecular flexibility index (Phi) is 4.41. The number of anilines is 1. The molecule has 0 bridgehead atoms. The van der Waals surface area contributed by atoms with Gasteiger partial charge in [0.05, 0.1) is 11.2 Å². The molecule has 1 aliphatic rings. The highest BCUT2D eigenvalue weighted by molar-refractivity contribution is 5.99. The number of likely N-dealkylation sites (tertiary alicyclic amines) is 1. The highest BCUT2D eigenvalue weighted by Crippen LogP contribution is 2.20. The smallest absolute Gasteiger partial charge is 0.319 e. The maximum Gasteiger partial charge on any atom is 0.319 e. The molecule has 3 amide bonds. The lowest BCUT2D eigenvalue weighted by Gasteiger charge is -2.31. The van der Waals surface area contributed by atoms with Crippen molar-refractivity contribution < 1.29 is 9.59 Å². The van der Waals surface area contributed by atoms with Gasteiger partial charge in [0.2, 0.25) is 5.91 Å². The zero-order chi connectivity index (χ0) is 16.2. The van der Waals surface area contributed by atoms with Gasteiger partial charge in [0.15, 0.2) is 0 Å². The van der Waals surface area contributed by atoms with E-state index in [2.05, 4.69) is 15.6 Å². The second-order valence-corrected chi connectivity index (χ2v) is 5.76. The first-order chi connectivity index (χ1) is 11.1. The second-order valence-electron chi connectivity index (χ2n) is 5.76. The van der Waals surface area contributed by atoms with Gasteiger partial charge in [-0.1, -0.05) is 18.2 Å². The number of amides is 3. The van der Waals surface area contributed by atoms with Crippen molar-refractivity contribution in [1.29, 1.82) is 0 Å². The largest absolute Gasteiger partial charge is 0.343 e. The summed E-state index contributed by atoms with van der Waals surface area (Å²) in [4.78, 5) is 29.7. The lowest BCUT2D eigenvalue weighted by molar-refractivity contribution is -0.129. The monoisotopic (exact) mass is 312 g/mol. The van der Waals surface area contributed by atoms with Gasteiger partial charge in [-0.15, -0.1) is 0 Å². The Morgan fingerprint density at radius 3 is 2.65 bits per heavy atom. The number of pyridine rings is 1. The summed E-state index contributed by atoms with van der Waals surface area (Å²) < 4.78 is 0. The first-order valence-corrected chi connectivity index (χ1v) is 7.80. The predicted octanol–water partition coefficient (Wildman–Crippen LogP) is 2.37. The number of hydrogen-bond donors (Lipinski definition) is 2. The molecule has 1 aromatic heterocycles. The van der Waals surface area contributed by atoms with Crippen molar-refractivity contribution in [2.24, 2.45) is 0 Å². The Bertz CT molecular complexity index is 718. The Labute approximate surface area is 134 Å². The molecular formula is C17H20N4O2. The van der Waals surface area contributed by atoms with Crippen molar-refractivity contribution in [1.82, 2.24) is 15.2 Å². The zero-order valence-electron chi connectivity index (χ0n) is 13.1.